The first-order chi connectivity index (χ1) is 10.7. The smallest absolute Gasteiger partial charge is 0.323 e. The Balaban J connectivity index is 1.61. The van der Waals surface area contributed by atoms with Crippen molar-refractivity contribution in [1.82, 2.24) is 9.88 Å². The number of anilines is 1. The zero-order valence-electron chi connectivity index (χ0n) is 11.9. The molecule has 7 heteroatoms. The molecule has 0 aliphatic carbocycles. The lowest BCUT2D eigenvalue weighted by atomic mass is 10.1. The summed E-state index contributed by atoms with van der Waals surface area (Å²) in [5.74, 6) is 0. The fraction of sp³-hybridized carbons (Fsp3) is 0.333. The van der Waals surface area contributed by atoms with Gasteiger partial charge in [0.05, 0.1) is 13.2 Å². The summed E-state index contributed by atoms with van der Waals surface area (Å²) in [6.45, 7) is 2.40. The zero-order valence-corrected chi connectivity index (χ0v) is 13.5. The van der Waals surface area contributed by atoms with E-state index in [1.54, 1.807) is 11.1 Å². The van der Waals surface area contributed by atoms with Crippen LogP contribution >= 0.6 is 22.9 Å². The van der Waals surface area contributed by atoms with Crippen LogP contribution in [-0.4, -0.2) is 42.2 Å². The molecule has 0 bridgehead atoms. The molecule has 2 heterocycles. The maximum absolute atomic E-state index is 12.1. The van der Waals surface area contributed by atoms with Gasteiger partial charge in [-0.1, -0.05) is 29.8 Å². The third-order valence-corrected chi connectivity index (χ3v) is 4.67. The maximum atomic E-state index is 12.1. The number of halogens is 1. The Hall–Kier alpha value is -1.63. The van der Waals surface area contributed by atoms with Crippen molar-refractivity contribution in [3.63, 3.8) is 0 Å². The molecule has 0 radical (unpaired) electrons. The normalized spacial score (nSPS) is 14.9. The lowest BCUT2D eigenvalue weighted by Gasteiger charge is -2.26. The van der Waals surface area contributed by atoms with Crippen molar-refractivity contribution in [2.24, 2.45) is 0 Å². The molecular formula is C15H16ClN3O2S. The van der Waals surface area contributed by atoms with Crippen LogP contribution in [0.15, 0.2) is 30.5 Å². The van der Waals surface area contributed by atoms with Gasteiger partial charge in [0.1, 0.15) is 0 Å². The number of nitrogens with zero attached hydrogens (tertiary/aromatic N) is 2. The van der Waals surface area contributed by atoms with Gasteiger partial charge < -0.3 is 9.64 Å². The average molecular weight is 338 g/mol. The molecule has 1 aliphatic rings. The van der Waals surface area contributed by atoms with Gasteiger partial charge in [0, 0.05) is 35.6 Å². The van der Waals surface area contributed by atoms with Crippen LogP contribution in [0.3, 0.4) is 0 Å². The molecule has 3 rings (SSSR count). The summed E-state index contributed by atoms with van der Waals surface area (Å²) in [4.78, 5) is 19.2. The van der Waals surface area contributed by atoms with Crippen LogP contribution in [0.25, 0.3) is 0 Å². The van der Waals surface area contributed by atoms with Gasteiger partial charge in [-0.3, -0.25) is 5.32 Å². The van der Waals surface area contributed by atoms with Gasteiger partial charge in [0.25, 0.3) is 0 Å². The number of nitrogens with one attached hydrogen (secondary N) is 1. The standard InChI is InChI=1S/C15H16ClN3O2S/c16-13-4-2-1-3-11(13)9-12-10-17-14(22-12)18-15(20)19-5-7-21-8-6-19/h1-4,10H,5-9H2,(H,17,18,20). The molecule has 0 saturated carbocycles. The van der Waals surface area contributed by atoms with Gasteiger partial charge in [0.2, 0.25) is 0 Å². The molecule has 1 saturated heterocycles. The van der Waals surface area contributed by atoms with E-state index in [0.717, 1.165) is 15.5 Å². The summed E-state index contributed by atoms with van der Waals surface area (Å²) < 4.78 is 5.23. The van der Waals surface area contributed by atoms with Gasteiger partial charge in [-0.25, -0.2) is 9.78 Å². The molecule has 0 spiro atoms. The van der Waals surface area contributed by atoms with E-state index in [0.29, 0.717) is 37.9 Å². The van der Waals surface area contributed by atoms with Crippen molar-refractivity contribution in [3.05, 3.63) is 45.9 Å². The van der Waals surface area contributed by atoms with Crippen LogP contribution in [0.5, 0.6) is 0 Å². The summed E-state index contributed by atoms with van der Waals surface area (Å²) in [6, 6.07) is 7.62. The zero-order chi connectivity index (χ0) is 15.4. The topological polar surface area (TPSA) is 54.5 Å². The SMILES string of the molecule is O=C(Nc1ncc(Cc2ccccc2Cl)s1)N1CCOCC1. The fourth-order valence-corrected chi connectivity index (χ4v) is 3.24. The predicted molar refractivity (Wildman–Crippen MR) is 87.8 cm³/mol. The Labute approximate surface area is 137 Å². The van der Waals surface area contributed by atoms with Crippen molar-refractivity contribution in [2.75, 3.05) is 31.6 Å². The lowest BCUT2D eigenvalue weighted by Crippen LogP contribution is -2.43. The van der Waals surface area contributed by atoms with E-state index in [1.165, 1.54) is 11.3 Å². The van der Waals surface area contributed by atoms with Crippen LogP contribution in [-0.2, 0) is 11.2 Å². The maximum Gasteiger partial charge on any atom is 0.323 e. The van der Waals surface area contributed by atoms with Crippen LogP contribution < -0.4 is 5.32 Å². The van der Waals surface area contributed by atoms with E-state index in [9.17, 15) is 4.79 Å². The number of hydrogen-bond donors (Lipinski definition) is 1. The Morgan fingerprint density at radius 1 is 1.36 bits per heavy atom. The minimum absolute atomic E-state index is 0.123. The van der Waals surface area contributed by atoms with Crippen LogP contribution in [0.4, 0.5) is 9.93 Å². The van der Waals surface area contributed by atoms with Crippen LogP contribution in [0.1, 0.15) is 10.4 Å². The van der Waals surface area contributed by atoms with E-state index >= 15 is 0 Å². The number of amides is 2. The molecule has 1 fully saturated rings. The molecule has 0 atom stereocenters. The molecule has 116 valence electrons. The molecular weight excluding hydrogens is 322 g/mol. The number of morpholine rings is 1. The number of rotatable bonds is 3. The molecule has 2 amide bonds. The Kier molecular flexibility index (Phi) is 4.92. The minimum Gasteiger partial charge on any atom is -0.378 e. The van der Waals surface area contributed by atoms with Crippen LogP contribution in [0, 0.1) is 0 Å². The first-order valence-corrected chi connectivity index (χ1v) is 8.23. The van der Waals surface area contributed by atoms with Crippen molar-refractivity contribution >= 4 is 34.1 Å². The second-order valence-corrected chi connectivity index (χ2v) is 6.45. The number of hydrogen-bond acceptors (Lipinski definition) is 4. The highest BCUT2D eigenvalue weighted by Gasteiger charge is 2.17. The Morgan fingerprint density at radius 2 is 2.14 bits per heavy atom. The molecule has 1 aromatic carbocycles. The van der Waals surface area contributed by atoms with Gasteiger partial charge in [-0.15, -0.1) is 11.3 Å². The van der Waals surface area contributed by atoms with Crippen molar-refractivity contribution < 1.29 is 9.53 Å². The third-order valence-electron chi connectivity index (χ3n) is 3.39. The summed E-state index contributed by atoms with van der Waals surface area (Å²) in [7, 11) is 0. The van der Waals surface area contributed by atoms with Crippen molar-refractivity contribution in [1.29, 1.82) is 0 Å². The molecule has 1 aromatic heterocycles. The lowest BCUT2D eigenvalue weighted by molar-refractivity contribution is 0.0564. The highest BCUT2D eigenvalue weighted by Crippen LogP contribution is 2.24. The molecule has 1 aliphatic heterocycles. The molecule has 0 unspecified atom stereocenters. The summed E-state index contributed by atoms with van der Waals surface area (Å²) in [5, 5.41) is 4.19. The van der Waals surface area contributed by atoms with Gasteiger partial charge in [-0.05, 0) is 11.6 Å². The highest BCUT2D eigenvalue weighted by atomic mass is 35.5. The monoisotopic (exact) mass is 337 g/mol. The number of aromatic nitrogens is 1. The first kappa shape index (κ1) is 15.3. The van der Waals surface area contributed by atoms with E-state index < -0.39 is 0 Å². The predicted octanol–water partition coefficient (Wildman–Crippen LogP) is 3.25. The van der Waals surface area contributed by atoms with Gasteiger partial charge >= 0.3 is 6.03 Å². The Morgan fingerprint density at radius 3 is 2.91 bits per heavy atom. The number of benzene rings is 1. The first-order valence-electron chi connectivity index (χ1n) is 7.04. The molecule has 5 nitrogen and oxygen atoms in total. The second kappa shape index (κ2) is 7.09. The minimum atomic E-state index is -0.123. The van der Waals surface area contributed by atoms with Crippen LogP contribution in [0.2, 0.25) is 5.02 Å². The summed E-state index contributed by atoms with van der Waals surface area (Å²) in [5.41, 5.74) is 1.05. The van der Waals surface area contributed by atoms with E-state index in [4.69, 9.17) is 16.3 Å². The molecule has 1 N–H and O–H groups in total. The van der Waals surface area contributed by atoms with E-state index in [1.807, 2.05) is 24.3 Å². The number of thiazole rings is 1. The van der Waals surface area contributed by atoms with E-state index in [2.05, 4.69) is 10.3 Å². The number of urea groups is 1. The Bertz CT molecular complexity index is 656. The summed E-state index contributed by atoms with van der Waals surface area (Å²) in [6.07, 6.45) is 2.49. The van der Waals surface area contributed by atoms with Gasteiger partial charge in [-0.2, -0.15) is 0 Å². The molecule has 22 heavy (non-hydrogen) atoms. The fourth-order valence-electron chi connectivity index (χ4n) is 2.21. The van der Waals surface area contributed by atoms with Crippen molar-refractivity contribution in [3.8, 4) is 0 Å². The molecule has 2 aromatic rings. The largest absolute Gasteiger partial charge is 0.378 e. The highest BCUT2D eigenvalue weighted by molar-refractivity contribution is 7.15. The third kappa shape index (κ3) is 3.76. The number of carbonyl (C=O) groups is 1. The quantitative estimate of drug-likeness (QED) is 0.935. The van der Waals surface area contributed by atoms with E-state index in [-0.39, 0.29) is 6.03 Å². The number of carbonyl (C=O) groups excluding carboxylic acids is 1. The van der Waals surface area contributed by atoms with Crippen molar-refractivity contribution in [2.45, 2.75) is 6.42 Å². The number of ether oxygens (including phenoxy) is 1. The summed E-state index contributed by atoms with van der Waals surface area (Å²) >= 11 is 7.63. The van der Waals surface area contributed by atoms with Gasteiger partial charge in [0.15, 0.2) is 5.13 Å². The second-order valence-electron chi connectivity index (χ2n) is 4.93. The average Bonchev–Trinajstić information content (AvgIpc) is 2.97.